The van der Waals surface area contributed by atoms with E-state index < -0.39 is 17.8 Å². The van der Waals surface area contributed by atoms with Crippen LogP contribution in [0.2, 0.25) is 5.02 Å². The van der Waals surface area contributed by atoms with Crippen molar-refractivity contribution in [3.05, 3.63) is 107 Å². The number of nitrogens with one attached hydrogen (secondary N) is 2. The Bertz CT molecular complexity index is 1450. The number of carbonyl (C=O) groups is 3. The van der Waals surface area contributed by atoms with Crippen LogP contribution in [0.4, 0.5) is 5.69 Å². The molecule has 4 rings (SSSR count). The average Bonchev–Trinajstić information content (AvgIpc) is 2.86. The van der Waals surface area contributed by atoms with Crippen LogP contribution in [0.5, 0.6) is 5.75 Å². The van der Waals surface area contributed by atoms with E-state index in [1.54, 1.807) is 48.5 Å². The monoisotopic (exact) mass is 485 g/mol. The van der Waals surface area contributed by atoms with Gasteiger partial charge in [-0.1, -0.05) is 59.6 Å². The minimum Gasteiger partial charge on any atom is -0.422 e. The Balaban J connectivity index is 1.54. The van der Waals surface area contributed by atoms with Crippen molar-refractivity contribution in [2.75, 3.05) is 5.32 Å². The van der Waals surface area contributed by atoms with Crippen LogP contribution in [0.15, 0.2) is 90.0 Å². The molecule has 0 saturated heterocycles. The SMILES string of the molecule is Cc1cccc(C(=O)Oc2ccc3ccccc3c2/C=N/NC(=O)C(=O)Nc2ccc(Cl)cc2)c1. The largest absolute Gasteiger partial charge is 0.422 e. The number of anilines is 1. The summed E-state index contributed by atoms with van der Waals surface area (Å²) in [6.07, 6.45) is 1.34. The van der Waals surface area contributed by atoms with Crippen molar-refractivity contribution in [3.63, 3.8) is 0 Å². The van der Waals surface area contributed by atoms with Crippen molar-refractivity contribution < 1.29 is 19.1 Å². The zero-order valence-electron chi connectivity index (χ0n) is 18.6. The van der Waals surface area contributed by atoms with E-state index in [1.807, 2.05) is 43.3 Å². The summed E-state index contributed by atoms with van der Waals surface area (Å²) in [5.74, 6) is -2.12. The van der Waals surface area contributed by atoms with E-state index in [1.165, 1.54) is 6.21 Å². The molecular weight excluding hydrogens is 466 g/mol. The number of nitrogens with zero attached hydrogens (tertiary/aromatic N) is 1. The summed E-state index contributed by atoms with van der Waals surface area (Å²) in [5, 5.41) is 8.53. The first-order valence-corrected chi connectivity index (χ1v) is 11.0. The number of rotatable bonds is 5. The zero-order valence-corrected chi connectivity index (χ0v) is 19.4. The van der Waals surface area contributed by atoms with Gasteiger partial charge in [-0.05, 0) is 60.2 Å². The molecule has 7 nitrogen and oxygen atoms in total. The minimum absolute atomic E-state index is 0.263. The number of benzene rings is 4. The maximum absolute atomic E-state index is 12.7. The van der Waals surface area contributed by atoms with Crippen LogP contribution in [0.1, 0.15) is 21.5 Å². The highest BCUT2D eigenvalue weighted by atomic mass is 35.5. The number of carbonyl (C=O) groups excluding carboxylic acids is 3. The molecule has 2 amide bonds. The van der Waals surface area contributed by atoms with Crippen molar-refractivity contribution in [3.8, 4) is 5.75 Å². The predicted octanol–water partition coefficient (Wildman–Crippen LogP) is 5.11. The second kappa shape index (κ2) is 10.6. The first-order valence-electron chi connectivity index (χ1n) is 10.6. The van der Waals surface area contributed by atoms with Gasteiger partial charge in [-0.25, -0.2) is 10.2 Å². The van der Waals surface area contributed by atoms with Gasteiger partial charge in [0, 0.05) is 16.3 Å². The highest BCUT2D eigenvalue weighted by molar-refractivity contribution is 6.39. The minimum atomic E-state index is -0.963. The lowest BCUT2D eigenvalue weighted by Crippen LogP contribution is -2.32. The molecule has 174 valence electrons. The van der Waals surface area contributed by atoms with Crippen LogP contribution in [0.25, 0.3) is 10.8 Å². The second-order valence-corrected chi connectivity index (χ2v) is 8.05. The summed E-state index contributed by atoms with van der Waals surface area (Å²) in [4.78, 5) is 37.1. The number of halogens is 1. The molecule has 4 aromatic rings. The molecule has 0 aliphatic heterocycles. The lowest BCUT2D eigenvalue weighted by molar-refractivity contribution is -0.136. The third-order valence-electron chi connectivity index (χ3n) is 5.06. The Morgan fingerprint density at radius 3 is 2.43 bits per heavy atom. The lowest BCUT2D eigenvalue weighted by atomic mass is 10.0. The number of hydrogen-bond acceptors (Lipinski definition) is 5. The van der Waals surface area contributed by atoms with E-state index in [0.717, 1.165) is 16.3 Å². The van der Waals surface area contributed by atoms with Crippen LogP contribution < -0.4 is 15.5 Å². The fourth-order valence-electron chi connectivity index (χ4n) is 3.36. The maximum atomic E-state index is 12.7. The third-order valence-corrected chi connectivity index (χ3v) is 5.31. The van der Waals surface area contributed by atoms with Gasteiger partial charge in [0.25, 0.3) is 0 Å². The molecule has 0 atom stereocenters. The van der Waals surface area contributed by atoms with Crippen molar-refractivity contribution in [2.45, 2.75) is 6.92 Å². The smallest absolute Gasteiger partial charge is 0.343 e. The summed E-state index contributed by atoms with van der Waals surface area (Å²) in [7, 11) is 0. The summed E-state index contributed by atoms with van der Waals surface area (Å²) in [6, 6.07) is 24.3. The Kier molecular flexibility index (Phi) is 7.18. The molecule has 2 N–H and O–H groups in total. The Hall–Kier alpha value is -4.49. The maximum Gasteiger partial charge on any atom is 0.343 e. The van der Waals surface area contributed by atoms with E-state index in [4.69, 9.17) is 16.3 Å². The van der Waals surface area contributed by atoms with Crippen molar-refractivity contribution in [1.29, 1.82) is 0 Å². The second-order valence-electron chi connectivity index (χ2n) is 7.62. The Morgan fingerprint density at radius 1 is 0.886 bits per heavy atom. The van der Waals surface area contributed by atoms with E-state index in [9.17, 15) is 14.4 Å². The van der Waals surface area contributed by atoms with Gasteiger partial charge in [-0.2, -0.15) is 5.10 Å². The predicted molar refractivity (Wildman–Crippen MR) is 136 cm³/mol. The van der Waals surface area contributed by atoms with Crippen LogP contribution in [0, 0.1) is 6.92 Å². The molecule has 0 radical (unpaired) electrons. The summed E-state index contributed by atoms with van der Waals surface area (Å²) in [5.41, 5.74) is 4.43. The van der Waals surface area contributed by atoms with Crippen molar-refractivity contribution in [1.82, 2.24) is 5.43 Å². The molecule has 35 heavy (non-hydrogen) atoms. The lowest BCUT2D eigenvalue weighted by Gasteiger charge is -2.11. The van der Waals surface area contributed by atoms with Crippen LogP contribution >= 0.6 is 11.6 Å². The summed E-state index contributed by atoms with van der Waals surface area (Å²) < 4.78 is 5.66. The number of amides is 2. The molecule has 0 aromatic heterocycles. The molecule has 0 bridgehead atoms. The number of aryl methyl sites for hydroxylation is 1. The average molecular weight is 486 g/mol. The van der Waals surface area contributed by atoms with Crippen molar-refractivity contribution in [2.24, 2.45) is 5.10 Å². The van der Waals surface area contributed by atoms with Crippen molar-refractivity contribution >= 4 is 52.1 Å². The van der Waals surface area contributed by atoms with E-state index in [0.29, 0.717) is 21.8 Å². The van der Waals surface area contributed by atoms with Gasteiger partial charge in [0.15, 0.2) is 0 Å². The normalized spacial score (nSPS) is 10.8. The molecule has 0 aliphatic carbocycles. The van der Waals surface area contributed by atoms with Gasteiger partial charge >= 0.3 is 17.8 Å². The fourth-order valence-corrected chi connectivity index (χ4v) is 3.48. The first kappa shape index (κ1) is 23.7. The molecule has 4 aromatic carbocycles. The molecule has 0 fully saturated rings. The highest BCUT2D eigenvalue weighted by Gasteiger charge is 2.15. The Morgan fingerprint density at radius 2 is 1.66 bits per heavy atom. The molecule has 0 heterocycles. The molecule has 0 spiro atoms. The fraction of sp³-hybridized carbons (Fsp3) is 0.0370. The van der Waals surface area contributed by atoms with Crippen LogP contribution in [-0.4, -0.2) is 24.0 Å². The summed E-state index contributed by atoms with van der Waals surface area (Å²) in [6.45, 7) is 1.89. The molecule has 8 heteroatoms. The number of ether oxygens (including phenoxy) is 1. The van der Waals surface area contributed by atoms with Gasteiger partial charge in [-0.3, -0.25) is 9.59 Å². The Labute approximate surface area is 206 Å². The van der Waals surface area contributed by atoms with Gasteiger partial charge in [-0.15, -0.1) is 0 Å². The number of esters is 1. The quantitative estimate of drug-likeness (QED) is 0.135. The van der Waals surface area contributed by atoms with Gasteiger partial charge < -0.3 is 10.1 Å². The van der Waals surface area contributed by atoms with E-state index in [-0.39, 0.29) is 5.75 Å². The molecular formula is C27H20ClN3O4. The third kappa shape index (κ3) is 5.90. The van der Waals surface area contributed by atoms with Crippen LogP contribution in [-0.2, 0) is 9.59 Å². The number of hydrazone groups is 1. The number of hydrogen-bond donors (Lipinski definition) is 2. The standard InChI is InChI=1S/C27H20ClN3O4/c1-17-5-4-7-19(15-17)27(34)35-24-14-9-18-6-2-3-8-22(18)23(24)16-29-31-26(33)25(32)30-21-12-10-20(28)11-13-21/h2-16H,1H3,(H,30,32)(H,31,33)/b29-16+. The number of fused-ring (bicyclic) bond motifs is 1. The van der Waals surface area contributed by atoms with Gasteiger partial charge in [0.2, 0.25) is 0 Å². The van der Waals surface area contributed by atoms with E-state index in [2.05, 4.69) is 15.8 Å². The molecule has 0 unspecified atom stereocenters. The zero-order chi connectivity index (χ0) is 24.8. The summed E-state index contributed by atoms with van der Waals surface area (Å²) >= 11 is 5.82. The molecule has 0 aliphatic rings. The van der Waals surface area contributed by atoms with E-state index >= 15 is 0 Å². The van der Waals surface area contributed by atoms with Crippen LogP contribution in [0.3, 0.4) is 0 Å². The van der Waals surface area contributed by atoms with Gasteiger partial charge in [0.1, 0.15) is 5.75 Å². The highest BCUT2D eigenvalue weighted by Crippen LogP contribution is 2.27. The topological polar surface area (TPSA) is 96.9 Å². The first-order chi connectivity index (χ1) is 16.9. The molecule has 0 saturated carbocycles. The van der Waals surface area contributed by atoms with Gasteiger partial charge in [0.05, 0.1) is 11.8 Å².